The molecule has 0 aliphatic heterocycles. The molecule has 0 amide bonds. The molecule has 0 saturated carbocycles. The van der Waals surface area contributed by atoms with E-state index in [9.17, 15) is 0 Å². The Bertz CT molecular complexity index is 1660. The van der Waals surface area contributed by atoms with Crippen molar-refractivity contribution in [1.82, 2.24) is 4.98 Å². The Hall–Kier alpha value is -4.49. The summed E-state index contributed by atoms with van der Waals surface area (Å²) in [5.74, 6) is 0. The first-order valence-corrected chi connectivity index (χ1v) is 11.7. The van der Waals surface area contributed by atoms with Crippen LogP contribution in [0.5, 0.6) is 0 Å². The van der Waals surface area contributed by atoms with Gasteiger partial charge in [-0.05, 0) is 66.7 Å². The van der Waals surface area contributed by atoms with Gasteiger partial charge in [0.05, 0.1) is 5.52 Å². The molecule has 0 aliphatic carbocycles. The number of hydrogen-bond acceptors (Lipinski definition) is 1. The van der Waals surface area contributed by atoms with E-state index in [1.54, 1.807) is 0 Å². The Kier molecular flexibility index (Phi) is 4.22. The van der Waals surface area contributed by atoms with Gasteiger partial charge in [0.15, 0.2) is 0 Å². The van der Waals surface area contributed by atoms with Crippen LogP contribution in [0, 0.1) is 0 Å². The van der Waals surface area contributed by atoms with Crippen LogP contribution in [-0.4, -0.2) is 4.98 Å². The van der Waals surface area contributed by atoms with Crippen LogP contribution in [0.3, 0.4) is 0 Å². The standard InChI is InChI=1S/C33H21N/c1-2-12-23-22(10-1)11-9-18-25(23)32-26-14-3-5-16-28(26)33(29-17-6-4-15-27(29)32)30-20-21-34-31-19-8-7-13-24(30)31/h1-21H. The molecule has 0 aliphatic rings. The summed E-state index contributed by atoms with van der Waals surface area (Å²) in [7, 11) is 0. The van der Waals surface area contributed by atoms with Crippen molar-refractivity contribution in [1.29, 1.82) is 0 Å². The van der Waals surface area contributed by atoms with Gasteiger partial charge < -0.3 is 0 Å². The van der Waals surface area contributed by atoms with Gasteiger partial charge >= 0.3 is 0 Å². The molecule has 1 heteroatoms. The minimum atomic E-state index is 1.02. The summed E-state index contributed by atoms with van der Waals surface area (Å²) in [4.78, 5) is 4.63. The molecule has 0 radical (unpaired) electrons. The number of hydrogen-bond donors (Lipinski definition) is 0. The molecular formula is C33H21N. The lowest BCUT2D eigenvalue weighted by Gasteiger charge is -2.19. The summed E-state index contributed by atoms with van der Waals surface area (Å²) < 4.78 is 0. The van der Waals surface area contributed by atoms with E-state index in [1.165, 1.54) is 60.0 Å². The lowest BCUT2D eigenvalue weighted by molar-refractivity contribution is 1.41. The van der Waals surface area contributed by atoms with Gasteiger partial charge in [-0.2, -0.15) is 0 Å². The summed E-state index contributed by atoms with van der Waals surface area (Å²) in [5, 5.41) is 8.79. The van der Waals surface area contributed by atoms with Crippen LogP contribution in [-0.2, 0) is 0 Å². The van der Waals surface area contributed by atoms with Gasteiger partial charge in [-0.25, -0.2) is 0 Å². The molecule has 1 heterocycles. The van der Waals surface area contributed by atoms with Gasteiger partial charge in [-0.3, -0.25) is 4.98 Å². The highest BCUT2D eigenvalue weighted by Gasteiger charge is 2.18. The van der Waals surface area contributed by atoms with E-state index in [0.717, 1.165) is 5.52 Å². The molecule has 0 fully saturated rings. The van der Waals surface area contributed by atoms with E-state index < -0.39 is 0 Å². The predicted octanol–water partition coefficient (Wildman–Crippen LogP) is 9.03. The van der Waals surface area contributed by atoms with Crippen molar-refractivity contribution in [3.05, 3.63) is 128 Å². The first kappa shape index (κ1) is 19.0. The SMILES string of the molecule is c1ccc2c(-c3c4ccccc4c(-c4ccnc5ccccc45)c4ccccc34)cccc2c1. The molecule has 34 heavy (non-hydrogen) atoms. The van der Waals surface area contributed by atoms with Gasteiger partial charge in [0.2, 0.25) is 0 Å². The van der Waals surface area contributed by atoms with E-state index in [2.05, 4.69) is 126 Å². The average Bonchev–Trinajstić information content (AvgIpc) is 2.91. The summed E-state index contributed by atoms with van der Waals surface area (Å²) in [6, 6.07) is 43.6. The second kappa shape index (κ2) is 7.54. The van der Waals surface area contributed by atoms with E-state index in [4.69, 9.17) is 0 Å². The van der Waals surface area contributed by atoms with Crippen LogP contribution in [0.15, 0.2) is 128 Å². The molecule has 7 rings (SSSR count). The Morgan fingerprint density at radius 1 is 0.353 bits per heavy atom. The van der Waals surface area contributed by atoms with Crippen molar-refractivity contribution >= 4 is 43.2 Å². The monoisotopic (exact) mass is 431 g/mol. The Morgan fingerprint density at radius 2 is 0.824 bits per heavy atom. The maximum absolute atomic E-state index is 4.63. The number of benzene rings is 6. The Morgan fingerprint density at radius 3 is 1.47 bits per heavy atom. The molecule has 1 aromatic heterocycles. The number of aromatic nitrogens is 1. The summed E-state index contributed by atoms with van der Waals surface area (Å²) in [5.41, 5.74) is 6.09. The second-order valence-electron chi connectivity index (χ2n) is 8.74. The van der Waals surface area contributed by atoms with Crippen molar-refractivity contribution in [3.63, 3.8) is 0 Å². The molecule has 0 saturated heterocycles. The van der Waals surface area contributed by atoms with Crippen LogP contribution < -0.4 is 0 Å². The number of para-hydroxylation sites is 1. The molecule has 0 bridgehead atoms. The van der Waals surface area contributed by atoms with E-state index in [-0.39, 0.29) is 0 Å². The smallest absolute Gasteiger partial charge is 0.0708 e. The third kappa shape index (κ3) is 2.77. The van der Waals surface area contributed by atoms with Crippen molar-refractivity contribution in [2.75, 3.05) is 0 Å². The first-order valence-electron chi connectivity index (χ1n) is 11.7. The molecule has 0 unspecified atom stereocenters. The Labute approximate surface area is 197 Å². The Balaban J connectivity index is 1.70. The maximum atomic E-state index is 4.63. The quantitative estimate of drug-likeness (QED) is 0.249. The number of fused-ring (bicyclic) bond motifs is 4. The largest absolute Gasteiger partial charge is 0.256 e. The number of nitrogens with zero attached hydrogens (tertiary/aromatic N) is 1. The van der Waals surface area contributed by atoms with Crippen molar-refractivity contribution < 1.29 is 0 Å². The normalized spacial score (nSPS) is 11.5. The number of rotatable bonds is 2. The zero-order chi connectivity index (χ0) is 22.5. The molecule has 158 valence electrons. The summed E-state index contributed by atoms with van der Waals surface area (Å²) in [6.07, 6.45) is 1.93. The molecule has 1 nitrogen and oxygen atoms in total. The van der Waals surface area contributed by atoms with Gasteiger partial charge in [0.1, 0.15) is 0 Å². The van der Waals surface area contributed by atoms with Crippen LogP contribution in [0.25, 0.3) is 65.5 Å². The number of pyridine rings is 1. The van der Waals surface area contributed by atoms with Crippen LogP contribution in [0.4, 0.5) is 0 Å². The van der Waals surface area contributed by atoms with Gasteiger partial charge in [-0.1, -0.05) is 109 Å². The highest BCUT2D eigenvalue weighted by molar-refractivity contribution is 6.25. The molecule has 0 spiro atoms. The fraction of sp³-hybridized carbons (Fsp3) is 0. The fourth-order valence-electron chi connectivity index (χ4n) is 5.47. The molecule has 0 N–H and O–H groups in total. The second-order valence-corrected chi connectivity index (χ2v) is 8.74. The molecule has 6 aromatic carbocycles. The van der Waals surface area contributed by atoms with Crippen molar-refractivity contribution in [2.45, 2.75) is 0 Å². The van der Waals surface area contributed by atoms with Crippen molar-refractivity contribution in [2.24, 2.45) is 0 Å². The summed E-state index contributed by atoms with van der Waals surface area (Å²) in [6.45, 7) is 0. The lowest BCUT2D eigenvalue weighted by Crippen LogP contribution is -1.92. The van der Waals surface area contributed by atoms with Crippen molar-refractivity contribution in [3.8, 4) is 22.3 Å². The zero-order valence-electron chi connectivity index (χ0n) is 18.6. The molecular weight excluding hydrogens is 410 g/mol. The topological polar surface area (TPSA) is 12.9 Å². The first-order chi connectivity index (χ1) is 16.9. The highest BCUT2D eigenvalue weighted by Crippen LogP contribution is 2.46. The van der Waals surface area contributed by atoms with Crippen LogP contribution in [0.1, 0.15) is 0 Å². The fourth-order valence-corrected chi connectivity index (χ4v) is 5.47. The van der Waals surface area contributed by atoms with E-state index in [0.29, 0.717) is 0 Å². The lowest BCUT2D eigenvalue weighted by atomic mass is 9.84. The molecule has 7 aromatic rings. The van der Waals surface area contributed by atoms with Crippen LogP contribution >= 0.6 is 0 Å². The minimum Gasteiger partial charge on any atom is -0.256 e. The molecule has 0 atom stereocenters. The van der Waals surface area contributed by atoms with E-state index >= 15 is 0 Å². The summed E-state index contributed by atoms with van der Waals surface area (Å²) >= 11 is 0. The third-order valence-corrected chi connectivity index (χ3v) is 6.91. The van der Waals surface area contributed by atoms with Gasteiger partial charge in [0, 0.05) is 11.6 Å². The van der Waals surface area contributed by atoms with Gasteiger partial charge in [-0.15, -0.1) is 0 Å². The predicted molar refractivity (Wildman–Crippen MR) is 145 cm³/mol. The van der Waals surface area contributed by atoms with Crippen LogP contribution in [0.2, 0.25) is 0 Å². The maximum Gasteiger partial charge on any atom is 0.0708 e. The zero-order valence-corrected chi connectivity index (χ0v) is 18.6. The average molecular weight is 432 g/mol. The third-order valence-electron chi connectivity index (χ3n) is 6.91. The highest BCUT2D eigenvalue weighted by atomic mass is 14.6. The van der Waals surface area contributed by atoms with Gasteiger partial charge in [0.25, 0.3) is 0 Å². The minimum absolute atomic E-state index is 1.02. The van der Waals surface area contributed by atoms with E-state index in [1.807, 2.05) is 6.20 Å².